The van der Waals surface area contributed by atoms with Gasteiger partial charge in [-0.15, -0.1) is 0 Å². The first-order valence-corrected chi connectivity index (χ1v) is 5.06. The third-order valence-corrected chi connectivity index (χ3v) is 3.80. The van der Waals surface area contributed by atoms with Crippen LogP contribution in [0.5, 0.6) is 5.75 Å². The molecule has 0 unspecified atom stereocenters. The van der Waals surface area contributed by atoms with E-state index < -0.39 is 0 Å². The number of benzene rings is 1. The molecule has 2 bridgehead atoms. The molecule has 3 aliphatic carbocycles. The van der Waals surface area contributed by atoms with Crippen LogP contribution in [0.25, 0.3) is 0 Å². The molecule has 0 aliphatic heterocycles. The highest BCUT2D eigenvalue weighted by atomic mass is 35.5. The molecule has 0 aromatic heterocycles. The van der Waals surface area contributed by atoms with Gasteiger partial charge < -0.3 is 5.11 Å². The molecule has 68 valence electrons. The van der Waals surface area contributed by atoms with E-state index in [1.165, 1.54) is 19.3 Å². The van der Waals surface area contributed by atoms with Crippen molar-refractivity contribution in [2.24, 2.45) is 5.92 Å². The minimum absolute atomic E-state index is 0.305. The molecule has 0 atom stereocenters. The van der Waals surface area contributed by atoms with Crippen LogP contribution in [0.15, 0.2) is 18.2 Å². The van der Waals surface area contributed by atoms with Gasteiger partial charge in [-0.3, -0.25) is 0 Å². The first kappa shape index (κ1) is 7.69. The van der Waals surface area contributed by atoms with Crippen LogP contribution in [-0.4, -0.2) is 5.11 Å². The van der Waals surface area contributed by atoms with E-state index in [0.29, 0.717) is 11.2 Å². The molecular weight excluding hydrogens is 184 g/mol. The lowest BCUT2D eigenvalue weighted by Crippen LogP contribution is -2.55. The third kappa shape index (κ3) is 0.884. The normalized spacial score (nSPS) is 35.0. The minimum Gasteiger partial charge on any atom is -0.508 e. The van der Waals surface area contributed by atoms with Gasteiger partial charge in [0.15, 0.2) is 0 Å². The Morgan fingerprint density at radius 2 is 2.00 bits per heavy atom. The molecule has 0 radical (unpaired) electrons. The van der Waals surface area contributed by atoms with Gasteiger partial charge in [0.2, 0.25) is 0 Å². The van der Waals surface area contributed by atoms with E-state index in [2.05, 4.69) is 0 Å². The Kier molecular flexibility index (Phi) is 1.31. The Balaban J connectivity index is 2.07. The maximum absolute atomic E-state index is 9.70. The molecule has 4 rings (SSSR count). The monoisotopic (exact) mass is 194 g/mol. The van der Waals surface area contributed by atoms with E-state index >= 15 is 0 Å². The van der Waals surface area contributed by atoms with Crippen LogP contribution in [0.3, 0.4) is 0 Å². The summed E-state index contributed by atoms with van der Waals surface area (Å²) in [5.74, 6) is 1.35. The molecule has 13 heavy (non-hydrogen) atoms. The van der Waals surface area contributed by atoms with Crippen LogP contribution in [0.1, 0.15) is 24.8 Å². The van der Waals surface area contributed by atoms with E-state index in [4.69, 9.17) is 11.6 Å². The molecule has 1 N–H and O–H groups in total. The predicted molar refractivity (Wildman–Crippen MR) is 52.1 cm³/mol. The van der Waals surface area contributed by atoms with Gasteiger partial charge in [-0.1, -0.05) is 11.6 Å². The largest absolute Gasteiger partial charge is 0.508 e. The lowest BCUT2D eigenvalue weighted by atomic mass is 9.42. The van der Waals surface area contributed by atoms with Crippen LogP contribution in [0.4, 0.5) is 0 Å². The number of aromatic hydroxyl groups is 1. The first-order valence-electron chi connectivity index (χ1n) is 4.69. The van der Waals surface area contributed by atoms with Crippen LogP contribution < -0.4 is 0 Å². The zero-order chi connectivity index (χ0) is 9.05. The van der Waals surface area contributed by atoms with Gasteiger partial charge in [0.1, 0.15) is 5.75 Å². The molecule has 3 fully saturated rings. The van der Waals surface area contributed by atoms with Crippen molar-refractivity contribution in [3.8, 4) is 5.75 Å². The van der Waals surface area contributed by atoms with Crippen molar-refractivity contribution in [1.29, 1.82) is 0 Å². The predicted octanol–water partition coefficient (Wildman–Crippen LogP) is 3.10. The summed E-state index contributed by atoms with van der Waals surface area (Å²) in [6.07, 6.45) is 3.75. The van der Waals surface area contributed by atoms with Crippen molar-refractivity contribution in [3.63, 3.8) is 0 Å². The van der Waals surface area contributed by atoms with Gasteiger partial charge in [-0.2, -0.15) is 0 Å². The Morgan fingerprint density at radius 1 is 1.31 bits per heavy atom. The molecule has 3 saturated carbocycles. The van der Waals surface area contributed by atoms with E-state index in [0.717, 1.165) is 16.5 Å². The molecule has 1 aromatic carbocycles. The van der Waals surface area contributed by atoms with Crippen LogP contribution in [0.2, 0.25) is 5.02 Å². The summed E-state index contributed by atoms with van der Waals surface area (Å²) in [6, 6.07) is 5.37. The maximum atomic E-state index is 9.70. The van der Waals surface area contributed by atoms with Gasteiger partial charge in [-0.25, -0.2) is 0 Å². The van der Waals surface area contributed by atoms with Crippen molar-refractivity contribution in [3.05, 3.63) is 28.8 Å². The number of hydrogen-bond acceptors (Lipinski definition) is 1. The lowest BCUT2D eigenvalue weighted by molar-refractivity contribution is -0.0289. The fraction of sp³-hybridized carbons (Fsp3) is 0.455. The zero-order valence-corrected chi connectivity index (χ0v) is 8.01. The second kappa shape index (κ2) is 2.21. The van der Waals surface area contributed by atoms with Gasteiger partial charge in [-0.05, 0) is 48.8 Å². The molecule has 0 spiro atoms. The first-order chi connectivity index (χ1) is 6.20. The minimum atomic E-state index is 0.305. The number of phenols is 1. The summed E-state index contributed by atoms with van der Waals surface area (Å²) in [4.78, 5) is 0. The van der Waals surface area contributed by atoms with E-state index in [9.17, 15) is 5.11 Å². The summed E-state index contributed by atoms with van der Waals surface area (Å²) in [6.45, 7) is 0. The molecule has 1 nitrogen and oxygen atoms in total. The number of rotatable bonds is 1. The highest BCUT2D eigenvalue weighted by Gasteiger charge is 2.58. The van der Waals surface area contributed by atoms with E-state index in [-0.39, 0.29) is 0 Å². The smallest absolute Gasteiger partial charge is 0.119 e. The average molecular weight is 195 g/mol. The quantitative estimate of drug-likeness (QED) is 0.729. The van der Waals surface area contributed by atoms with Gasteiger partial charge in [0.25, 0.3) is 0 Å². The summed E-state index contributed by atoms with van der Waals surface area (Å²) >= 11 is 5.91. The molecule has 0 saturated heterocycles. The van der Waals surface area contributed by atoms with E-state index in [1.807, 2.05) is 6.07 Å². The molecule has 0 heterocycles. The number of phenolic OH excluding ortho intramolecular Hbond substituents is 1. The lowest BCUT2D eigenvalue weighted by Gasteiger charge is -2.62. The highest BCUT2D eigenvalue weighted by molar-refractivity contribution is 6.30. The summed E-state index contributed by atoms with van der Waals surface area (Å²) in [5, 5.41) is 10.4. The second-order valence-corrected chi connectivity index (χ2v) is 4.86. The Morgan fingerprint density at radius 3 is 2.54 bits per heavy atom. The van der Waals surface area contributed by atoms with Crippen LogP contribution in [-0.2, 0) is 5.41 Å². The summed E-state index contributed by atoms with van der Waals surface area (Å²) in [7, 11) is 0. The van der Waals surface area contributed by atoms with Crippen molar-refractivity contribution in [2.45, 2.75) is 24.7 Å². The molecular formula is C11H11ClO. The number of halogens is 1. The zero-order valence-electron chi connectivity index (χ0n) is 7.26. The third-order valence-electron chi connectivity index (χ3n) is 3.57. The molecule has 3 aliphatic rings. The van der Waals surface area contributed by atoms with E-state index in [1.54, 1.807) is 12.1 Å². The standard InChI is InChI=1S/C11H11ClO/c12-8-1-2-10(13)9(3-8)11-4-7(5-11)6-11/h1-3,7,13H,4-6H2. The van der Waals surface area contributed by atoms with Crippen molar-refractivity contribution in [2.75, 3.05) is 0 Å². The summed E-state index contributed by atoms with van der Waals surface area (Å²) in [5.41, 5.74) is 1.38. The average Bonchev–Trinajstić information content (AvgIpc) is 1.90. The molecule has 0 amide bonds. The summed E-state index contributed by atoms with van der Waals surface area (Å²) < 4.78 is 0. The highest BCUT2D eigenvalue weighted by Crippen LogP contribution is 2.66. The Labute approximate surface area is 82.3 Å². The fourth-order valence-corrected chi connectivity index (χ4v) is 2.91. The van der Waals surface area contributed by atoms with Gasteiger partial charge in [0, 0.05) is 10.6 Å². The van der Waals surface area contributed by atoms with Crippen molar-refractivity contribution >= 4 is 11.6 Å². The maximum Gasteiger partial charge on any atom is 0.119 e. The Bertz CT molecular complexity index is 355. The molecule has 2 heteroatoms. The van der Waals surface area contributed by atoms with Crippen LogP contribution in [0, 0.1) is 5.92 Å². The number of hydrogen-bond donors (Lipinski definition) is 1. The van der Waals surface area contributed by atoms with Gasteiger partial charge in [0.05, 0.1) is 0 Å². The molecule has 1 aromatic rings. The van der Waals surface area contributed by atoms with Crippen molar-refractivity contribution < 1.29 is 5.11 Å². The van der Waals surface area contributed by atoms with Crippen molar-refractivity contribution in [1.82, 2.24) is 0 Å². The van der Waals surface area contributed by atoms with Gasteiger partial charge >= 0.3 is 0 Å². The van der Waals surface area contributed by atoms with Crippen LogP contribution >= 0.6 is 11.6 Å². The topological polar surface area (TPSA) is 20.2 Å². The fourth-order valence-electron chi connectivity index (χ4n) is 2.74. The Hall–Kier alpha value is -0.690. The SMILES string of the molecule is Oc1ccc(Cl)cc1C12CC(C1)C2. The second-order valence-electron chi connectivity index (χ2n) is 4.42.